The molecular weight excluding hydrogens is 412 g/mol. The fraction of sp³-hybridized carbons (Fsp3) is 0.423. The Balaban J connectivity index is 1.34. The first-order valence-electron chi connectivity index (χ1n) is 11.7. The molecule has 5 rings (SSSR count). The maximum Gasteiger partial charge on any atom is 0.159 e. The molecule has 2 aliphatic rings. The van der Waals surface area contributed by atoms with E-state index in [9.17, 15) is 10.1 Å². The second-order valence-corrected chi connectivity index (χ2v) is 9.21. The third kappa shape index (κ3) is 4.19. The summed E-state index contributed by atoms with van der Waals surface area (Å²) < 4.78 is 2.25. The minimum Gasteiger partial charge on any atom is -0.368 e. The van der Waals surface area contributed by atoms with Crippen LogP contribution >= 0.6 is 0 Å². The summed E-state index contributed by atoms with van der Waals surface area (Å²) in [5.41, 5.74) is 3.54. The van der Waals surface area contributed by atoms with Crippen molar-refractivity contribution >= 4 is 28.3 Å². The lowest BCUT2D eigenvalue weighted by Crippen LogP contribution is -2.46. The maximum atomic E-state index is 11.5. The monoisotopic (exact) mass is 442 g/mol. The third-order valence-electron chi connectivity index (χ3n) is 7.11. The molecule has 3 aromatic rings. The number of rotatable bonds is 4. The van der Waals surface area contributed by atoms with Crippen LogP contribution < -0.4 is 9.80 Å². The van der Waals surface area contributed by atoms with Gasteiger partial charge in [-0.1, -0.05) is 0 Å². The molecule has 0 spiro atoms. The van der Waals surface area contributed by atoms with Gasteiger partial charge in [-0.15, -0.1) is 0 Å². The number of ketones is 1. The van der Waals surface area contributed by atoms with Gasteiger partial charge in [-0.25, -0.2) is 4.98 Å². The number of piperazine rings is 1. The van der Waals surface area contributed by atoms with Crippen molar-refractivity contribution in [3.63, 3.8) is 0 Å². The number of anilines is 2. The lowest BCUT2D eigenvalue weighted by molar-refractivity contribution is 0.101. The first kappa shape index (κ1) is 21.5. The van der Waals surface area contributed by atoms with Gasteiger partial charge in [-0.05, 0) is 76.3 Å². The van der Waals surface area contributed by atoms with Gasteiger partial charge in [0.15, 0.2) is 5.78 Å². The molecule has 4 heterocycles. The summed E-state index contributed by atoms with van der Waals surface area (Å²) in [4.78, 5) is 23.6. The zero-order chi connectivity index (χ0) is 22.9. The molecule has 7 nitrogen and oxygen atoms in total. The van der Waals surface area contributed by atoms with E-state index in [0.717, 1.165) is 80.2 Å². The number of piperidine rings is 1. The van der Waals surface area contributed by atoms with E-state index in [4.69, 9.17) is 4.98 Å². The van der Waals surface area contributed by atoms with Crippen molar-refractivity contribution < 1.29 is 4.79 Å². The molecule has 170 valence electrons. The molecule has 0 aliphatic carbocycles. The van der Waals surface area contributed by atoms with Crippen molar-refractivity contribution in [2.75, 3.05) is 56.1 Å². The van der Waals surface area contributed by atoms with Gasteiger partial charge in [0.25, 0.3) is 0 Å². The van der Waals surface area contributed by atoms with E-state index >= 15 is 0 Å². The summed E-state index contributed by atoms with van der Waals surface area (Å²) in [5, 5.41) is 10.6. The van der Waals surface area contributed by atoms with Crippen LogP contribution in [0.1, 0.15) is 41.7 Å². The minimum atomic E-state index is 0.0948. The van der Waals surface area contributed by atoms with Gasteiger partial charge in [-0.3, -0.25) is 4.79 Å². The van der Waals surface area contributed by atoms with Gasteiger partial charge in [0.1, 0.15) is 17.5 Å². The molecule has 0 atom stereocenters. The number of benzene rings is 1. The Morgan fingerprint density at radius 3 is 2.27 bits per heavy atom. The number of nitriles is 1. The first-order valence-corrected chi connectivity index (χ1v) is 11.7. The van der Waals surface area contributed by atoms with E-state index in [2.05, 4.69) is 44.5 Å². The Bertz CT molecular complexity index is 1190. The molecule has 1 aromatic carbocycles. The number of carbonyl (C=O) groups is 1. The van der Waals surface area contributed by atoms with Gasteiger partial charge >= 0.3 is 0 Å². The van der Waals surface area contributed by atoms with Crippen LogP contribution in [0.2, 0.25) is 0 Å². The Morgan fingerprint density at radius 2 is 1.64 bits per heavy atom. The average molecular weight is 443 g/mol. The van der Waals surface area contributed by atoms with Crippen molar-refractivity contribution in [3.05, 3.63) is 53.7 Å². The highest BCUT2D eigenvalue weighted by atomic mass is 16.1. The maximum absolute atomic E-state index is 11.5. The van der Waals surface area contributed by atoms with Crippen LogP contribution in [-0.2, 0) is 0 Å². The lowest BCUT2D eigenvalue weighted by atomic mass is 10.1. The van der Waals surface area contributed by atoms with Gasteiger partial charge in [0.2, 0.25) is 0 Å². The Labute approximate surface area is 194 Å². The van der Waals surface area contributed by atoms with Crippen LogP contribution in [0.4, 0.5) is 11.5 Å². The average Bonchev–Trinajstić information content (AvgIpc) is 3.23. The van der Waals surface area contributed by atoms with Crippen molar-refractivity contribution in [2.24, 2.45) is 0 Å². The number of Topliss-reactive ketones (excluding diaryl/α,β-unsaturated/α-hetero) is 1. The zero-order valence-corrected chi connectivity index (χ0v) is 19.4. The second kappa shape index (κ2) is 8.87. The zero-order valence-electron chi connectivity index (χ0n) is 19.4. The number of hydrogen-bond acceptors (Lipinski definition) is 6. The number of carbonyl (C=O) groups excluding carboxylic acids is 1. The summed E-state index contributed by atoms with van der Waals surface area (Å²) in [6, 6.07) is 14.8. The number of aromatic nitrogens is 2. The van der Waals surface area contributed by atoms with Crippen molar-refractivity contribution in [1.29, 1.82) is 5.26 Å². The molecule has 33 heavy (non-hydrogen) atoms. The Morgan fingerprint density at radius 1 is 0.970 bits per heavy atom. The summed E-state index contributed by atoms with van der Waals surface area (Å²) >= 11 is 0. The molecule has 0 saturated carbocycles. The van der Waals surface area contributed by atoms with E-state index in [0.29, 0.717) is 11.6 Å². The molecule has 0 N–H and O–H groups in total. The standard InChI is InChI=1S/C26H30N6O/c1-19(33)20-3-5-22(6-4-20)30-13-15-31(16-14-30)25-8-7-24-21(17-27)18-32(26(24)28-25)23-9-11-29(2)12-10-23/h3-8,18,23H,9-16H2,1-2H3. The molecule has 2 saturated heterocycles. The Hall–Kier alpha value is -3.37. The molecule has 2 aliphatic heterocycles. The van der Waals surface area contributed by atoms with E-state index in [-0.39, 0.29) is 5.78 Å². The lowest BCUT2D eigenvalue weighted by Gasteiger charge is -2.37. The quantitative estimate of drug-likeness (QED) is 0.574. The van der Waals surface area contributed by atoms with Gasteiger partial charge in [-0.2, -0.15) is 5.26 Å². The SMILES string of the molecule is CC(=O)c1ccc(N2CCN(c3ccc4c(C#N)cn(C5CCN(C)CC5)c4n3)CC2)cc1. The summed E-state index contributed by atoms with van der Waals surface area (Å²) in [6.07, 6.45) is 4.16. The molecular formula is C26H30N6O. The summed E-state index contributed by atoms with van der Waals surface area (Å²) in [5.74, 6) is 1.07. The van der Waals surface area contributed by atoms with Crippen LogP contribution in [0.25, 0.3) is 11.0 Å². The van der Waals surface area contributed by atoms with Crippen LogP contribution in [0.5, 0.6) is 0 Å². The summed E-state index contributed by atoms with van der Waals surface area (Å²) in [6.45, 7) is 7.31. The van der Waals surface area contributed by atoms with E-state index in [1.807, 2.05) is 30.5 Å². The molecule has 0 radical (unpaired) electrons. The molecule has 0 unspecified atom stereocenters. The topological polar surface area (TPSA) is 68.4 Å². The fourth-order valence-corrected chi connectivity index (χ4v) is 5.03. The number of fused-ring (bicyclic) bond motifs is 1. The highest BCUT2D eigenvalue weighted by Gasteiger charge is 2.24. The predicted octanol–water partition coefficient (Wildman–Crippen LogP) is 3.70. The van der Waals surface area contributed by atoms with E-state index in [1.165, 1.54) is 0 Å². The highest BCUT2D eigenvalue weighted by molar-refractivity contribution is 5.94. The molecule has 2 aromatic heterocycles. The van der Waals surface area contributed by atoms with Crippen LogP contribution in [0.15, 0.2) is 42.6 Å². The second-order valence-electron chi connectivity index (χ2n) is 9.21. The predicted molar refractivity (Wildman–Crippen MR) is 131 cm³/mol. The largest absolute Gasteiger partial charge is 0.368 e. The molecule has 0 bridgehead atoms. The fourth-order valence-electron chi connectivity index (χ4n) is 5.03. The van der Waals surface area contributed by atoms with Crippen LogP contribution in [0.3, 0.4) is 0 Å². The number of nitrogens with zero attached hydrogens (tertiary/aromatic N) is 6. The minimum absolute atomic E-state index is 0.0948. The van der Waals surface area contributed by atoms with Gasteiger partial charge < -0.3 is 19.3 Å². The normalized spacial score (nSPS) is 18.0. The molecule has 0 amide bonds. The Kier molecular flexibility index (Phi) is 5.77. The number of pyridine rings is 1. The smallest absolute Gasteiger partial charge is 0.159 e. The van der Waals surface area contributed by atoms with Crippen LogP contribution in [0, 0.1) is 11.3 Å². The summed E-state index contributed by atoms with van der Waals surface area (Å²) in [7, 11) is 2.17. The van der Waals surface area contributed by atoms with Crippen molar-refractivity contribution in [2.45, 2.75) is 25.8 Å². The van der Waals surface area contributed by atoms with E-state index in [1.54, 1.807) is 6.92 Å². The van der Waals surface area contributed by atoms with Crippen molar-refractivity contribution in [3.8, 4) is 6.07 Å². The number of hydrogen-bond donors (Lipinski definition) is 0. The third-order valence-corrected chi connectivity index (χ3v) is 7.11. The van der Waals surface area contributed by atoms with Crippen LogP contribution in [-0.4, -0.2) is 66.6 Å². The first-order chi connectivity index (χ1) is 16.0. The van der Waals surface area contributed by atoms with Crippen molar-refractivity contribution in [1.82, 2.24) is 14.5 Å². The van der Waals surface area contributed by atoms with Gasteiger partial charge in [0, 0.05) is 55.1 Å². The van der Waals surface area contributed by atoms with E-state index < -0.39 is 0 Å². The number of likely N-dealkylation sites (tertiary alicyclic amines) is 1. The molecule has 2 fully saturated rings. The highest BCUT2D eigenvalue weighted by Crippen LogP contribution is 2.31. The van der Waals surface area contributed by atoms with Gasteiger partial charge in [0.05, 0.1) is 5.56 Å². The molecule has 7 heteroatoms.